The number of rotatable bonds is 3. The molecule has 0 aromatic heterocycles. The van der Waals surface area contributed by atoms with Gasteiger partial charge < -0.3 is 4.43 Å². The van der Waals surface area contributed by atoms with Crippen LogP contribution in [0.2, 0.25) is 18.1 Å². The lowest BCUT2D eigenvalue weighted by Crippen LogP contribution is -2.58. The van der Waals surface area contributed by atoms with Crippen molar-refractivity contribution < 1.29 is 14.0 Å². The lowest BCUT2D eigenvalue weighted by atomic mass is 9.45. The average molecular weight is 419 g/mol. The van der Waals surface area contributed by atoms with Crippen LogP contribution < -0.4 is 0 Å². The predicted molar refractivity (Wildman–Crippen MR) is 119 cm³/mol. The quantitative estimate of drug-likeness (QED) is 0.515. The molecule has 0 unspecified atom stereocenters. The first-order valence-corrected chi connectivity index (χ1v) is 15.0. The van der Waals surface area contributed by atoms with E-state index in [0.717, 1.165) is 58.0 Å². The number of hydrogen-bond acceptors (Lipinski definition) is 3. The Morgan fingerprint density at radius 2 is 1.72 bits per heavy atom. The number of ketones is 2. The molecule has 0 spiro atoms. The summed E-state index contributed by atoms with van der Waals surface area (Å²) in [4.78, 5) is 25.1. The Morgan fingerprint density at radius 1 is 1.00 bits per heavy atom. The first-order valence-electron chi connectivity index (χ1n) is 12.1. The first kappa shape index (κ1) is 21.7. The van der Waals surface area contributed by atoms with Crippen LogP contribution in [0.25, 0.3) is 0 Å². The van der Waals surface area contributed by atoms with Gasteiger partial charge in [0.05, 0.1) is 0 Å². The van der Waals surface area contributed by atoms with Crippen LogP contribution in [-0.2, 0) is 14.0 Å². The molecule has 0 radical (unpaired) electrons. The van der Waals surface area contributed by atoms with E-state index in [9.17, 15) is 9.59 Å². The van der Waals surface area contributed by atoms with Crippen molar-refractivity contribution in [1.29, 1.82) is 0 Å². The summed E-state index contributed by atoms with van der Waals surface area (Å²) in [6, 6.07) is 0. The van der Waals surface area contributed by atoms with E-state index in [2.05, 4.69) is 40.8 Å². The van der Waals surface area contributed by atoms with Gasteiger partial charge in [0.15, 0.2) is 8.32 Å². The zero-order valence-electron chi connectivity index (χ0n) is 19.6. The van der Waals surface area contributed by atoms with Gasteiger partial charge in [-0.05, 0) is 85.7 Å². The van der Waals surface area contributed by atoms with Gasteiger partial charge in [0.1, 0.15) is 11.6 Å². The summed E-state index contributed by atoms with van der Waals surface area (Å²) >= 11 is 0. The number of fused-ring (bicyclic) bond motifs is 5. The zero-order chi connectivity index (χ0) is 21.2. The number of hydrogen-bond donors (Lipinski definition) is 0. The second-order valence-corrected chi connectivity index (χ2v) is 17.4. The van der Waals surface area contributed by atoms with Gasteiger partial charge in [0.2, 0.25) is 0 Å². The normalized spacial score (nSPS) is 43.0. The molecule has 0 heterocycles. The van der Waals surface area contributed by atoms with Gasteiger partial charge in [0, 0.05) is 31.3 Å². The van der Waals surface area contributed by atoms with E-state index < -0.39 is 8.32 Å². The number of Topliss-reactive ketones (excluding diaryl/α,β-unsaturated/α-hetero) is 2. The topological polar surface area (TPSA) is 43.4 Å². The molecular weight excluding hydrogens is 376 g/mol. The van der Waals surface area contributed by atoms with Crippen molar-refractivity contribution in [2.24, 2.45) is 34.5 Å². The molecule has 4 saturated carbocycles. The molecule has 0 N–H and O–H groups in total. The van der Waals surface area contributed by atoms with E-state index in [1.165, 1.54) is 6.42 Å². The molecule has 4 aliphatic rings. The van der Waals surface area contributed by atoms with E-state index in [1.807, 2.05) is 0 Å². The molecule has 4 aliphatic carbocycles. The second kappa shape index (κ2) is 7.02. The second-order valence-electron chi connectivity index (χ2n) is 12.6. The van der Waals surface area contributed by atoms with E-state index in [-0.39, 0.29) is 15.9 Å². The molecule has 29 heavy (non-hydrogen) atoms. The number of carbonyl (C=O) groups excluding carboxylic acids is 2. The van der Waals surface area contributed by atoms with Gasteiger partial charge >= 0.3 is 0 Å². The van der Waals surface area contributed by atoms with Crippen molar-refractivity contribution in [3.63, 3.8) is 0 Å². The fourth-order valence-electron chi connectivity index (χ4n) is 7.43. The largest absolute Gasteiger partial charge is 0.416 e. The molecule has 0 aliphatic heterocycles. The molecule has 3 nitrogen and oxygen atoms in total. The Bertz CT molecular complexity index is 693. The molecule has 0 saturated heterocycles. The van der Waals surface area contributed by atoms with E-state index in [4.69, 9.17) is 4.43 Å². The SMILES string of the molecule is CC(C)(C)[Si](C)(C)OC[C@]12CCC(=O)C[C@@H]1CC[C@@H]1[C@@H]2CC[C@]2(C)C(=O)CC[C@@H]12. The Kier molecular flexibility index (Phi) is 5.26. The Balaban J connectivity index is 1.64. The maximum absolute atomic E-state index is 12.7. The third kappa shape index (κ3) is 3.31. The van der Waals surface area contributed by atoms with Crippen molar-refractivity contribution in [2.45, 2.75) is 104 Å². The minimum Gasteiger partial charge on any atom is -0.416 e. The van der Waals surface area contributed by atoms with Gasteiger partial charge in [0.25, 0.3) is 0 Å². The van der Waals surface area contributed by atoms with Crippen LogP contribution in [0, 0.1) is 34.5 Å². The summed E-state index contributed by atoms with van der Waals surface area (Å²) in [5, 5.41) is 0.209. The summed E-state index contributed by atoms with van der Waals surface area (Å²) in [6.07, 6.45) is 9.01. The summed E-state index contributed by atoms with van der Waals surface area (Å²) < 4.78 is 6.90. The highest BCUT2D eigenvalue weighted by molar-refractivity contribution is 6.74. The molecule has 4 rings (SSSR count). The zero-order valence-corrected chi connectivity index (χ0v) is 20.6. The Hall–Kier alpha value is -0.483. The van der Waals surface area contributed by atoms with Crippen molar-refractivity contribution in [1.82, 2.24) is 0 Å². The molecule has 4 heteroatoms. The van der Waals surface area contributed by atoms with Gasteiger partial charge in [-0.1, -0.05) is 27.7 Å². The van der Waals surface area contributed by atoms with Gasteiger partial charge in [-0.25, -0.2) is 0 Å². The van der Waals surface area contributed by atoms with Crippen LogP contribution in [0.1, 0.15) is 85.5 Å². The summed E-state index contributed by atoms with van der Waals surface area (Å²) in [5.74, 6) is 3.35. The standard InChI is InChI=1S/C25H42O3Si/c1-23(2,3)29(5,6)28-16-25-14-11-18(26)15-17(25)7-8-19-20-9-10-22(27)24(20,4)13-12-21(19)25/h17,19-21H,7-16H2,1-6H3/t17-,19-,20-,21-,24-,25+/m0/s1. The average Bonchev–Trinajstić information content (AvgIpc) is 2.94. The third-order valence-electron chi connectivity index (χ3n) is 10.4. The molecule has 6 atom stereocenters. The minimum atomic E-state index is -1.84. The fourth-order valence-corrected chi connectivity index (χ4v) is 8.49. The molecular formula is C25H42O3Si. The fraction of sp³-hybridized carbons (Fsp3) is 0.920. The minimum absolute atomic E-state index is 0.0695. The lowest BCUT2D eigenvalue weighted by Gasteiger charge is -2.61. The van der Waals surface area contributed by atoms with Crippen molar-refractivity contribution in [3.8, 4) is 0 Å². The van der Waals surface area contributed by atoms with Crippen LogP contribution in [0.15, 0.2) is 0 Å². The first-order chi connectivity index (χ1) is 13.4. The maximum Gasteiger partial charge on any atom is 0.192 e. The monoisotopic (exact) mass is 418 g/mol. The lowest BCUT2D eigenvalue weighted by molar-refractivity contribution is -0.153. The van der Waals surface area contributed by atoms with Crippen LogP contribution in [-0.4, -0.2) is 26.5 Å². The van der Waals surface area contributed by atoms with Gasteiger partial charge in [-0.2, -0.15) is 0 Å². The van der Waals surface area contributed by atoms with Crippen LogP contribution in [0.4, 0.5) is 0 Å². The predicted octanol–water partition coefficient (Wildman–Crippen LogP) is 6.17. The Morgan fingerprint density at radius 3 is 2.41 bits per heavy atom. The Labute approximate surface area is 178 Å². The third-order valence-corrected chi connectivity index (χ3v) is 14.9. The van der Waals surface area contributed by atoms with Crippen molar-refractivity contribution >= 4 is 19.9 Å². The highest BCUT2D eigenvalue weighted by Gasteiger charge is 2.62. The van der Waals surface area contributed by atoms with Crippen LogP contribution >= 0.6 is 0 Å². The van der Waals surface area contributed by atoms with Crippen molar-refractivity contribution in [2.75, 3.05) is 6.61 Å². The summed E-state index contributed by atoms with van der Waals surface area (Å²) in [6.45, 7) is 14.8. The van der Waals surface area contributed by atoms with E-state index in [1.54, 1.807) is 0 Å². The van der Waals surface area contributed by atoms with E-state index in [0.29, 0.717) is 35.2 Å². The summed E-state index contributed by atoms with van der Waals surface area (Å²) in [5.41, 5.74) is 0.0965. The molecule has 0 amide bonds. The number of carbonyl (C=O) groups is 2. The summed E-state index contributed by atoms with van der Waals surface area (Å²) in [7, 11) is -1.84. The molecule has 164 valence electrons. The van der Waals surface area contributed by atoms with Crippen molar-refractivity contribution in [3.05, 3.63) is 0 Å². The molecule has 4 fully saturated rings. The van der Waals surface area contributed by atoms with Crippen LogP contribution in [0.5, 0.6) is 0 Å². The molecule has 0 aromatic carbocycles. The van der Waals surface area contributed by atoms with Crippen LogP contribution in [0.3, 0.4) is 0 Å². The smallest absolute Gasteiger partial charge is 0.192 e. The maximum atomic E-state index is 12.7. The highest BCUT2D eigenvalue weighted by atomic mass is 28.4. The van der Waals surface area contributed by atoms with Gasteiger partial charge in [-0.3, -0.25) is 9.59 Å². The molecule has 0 aromatic rings. The van der Waals surface area contributed by atoms with E-state index >= 15 is 0 Å². The highest BCUT2D eigenvalue weighted by Crippen LogP contribution is 2.65. The van der Waals surface area contributed by atoms with Gasteiger partial charge in [-0.15, -0.1) is 0 Å². The molecule has 0 bridgehead atoms.